The van der Waals surface area contributed by atoms with Crippen LogP contribution < -0.4 is 15.4 Å². The van der Waals surface area contributed by atoms with E-state index in [1.165, 1.54) is 4.90 Å². The molecule has 0 saturated carbocycles. The number of aliphatic imine (C=N–C) groups is 1. The predicted molar refractivity (Wildman–Crippen MR) is 103 cm³/mol. The molecule has 1 fully saturated rings. The topological polar surface area (TPSA) is 58.1 Å². The predicted octanol–water partition coefficient (Wildman–Crippen LogP) is 2.40. The van der Waals surface area contributed by atoms with Crippen LogP contribution in [0.3, 0.4) is 0 Å². The first-order chi connectivity index (χ1) is 13.4. The first kappa shape index (κ1) is 22.3. The highest BCUT2D eigenvalue weighted by Crippen LogP contribution is 2.20. The lowest BCUT2D eigenvalue weighted by molar-refractivity contribution is -0.143. The van der Waals surface area contributed by atoms with Gasteiger partial charge in [-0.25, -0.2) is 4.99 Å². The third-order valence-corrected chi connectivity index (χ3v) is 4.23. The van der Waals surface area contributed by atoms with Crippen LogP contribution in [0.2, 0.25) is 0 Å². The fraction of sp³-hybridized carbons (Fsp3) is 0.632. The van der Waals surface area contributed by atoms with Crippen molar-refractivity contribution in [2.75, 3.05) is 46.5 Å². The van der Waals surface area contributed by atoms with E-state index in [9.17, 15) is 13.2 Å². The Morgan fingerprint density at radius 3 is 2.86 bits per heavy atom. The minimum absolute atomic E-state index is 0.0520. The van der Waals surface area contributed by atoms with Gasteiger partial charge < -0.3 is 20.1 Å². The molecule has 1 saturated heterocycles. The average Bonchev–Trinajstić information content (AvgIpc) is 3.05. The number of methoxy groups -OCH3 is 1. The third-order valence-electron chi connectivity index (χ3n) is 4.23. The van der Waals surface area contributed by atoms with Crippen molar-refractivity contribution in [3.63, 3.8) is 0 Å². The normalized spacial score (nSPS) is 18.3. The van der Waals surface area contributed by atoms with Crippen molar-refractivity contribution in [3.8, 4) is 5.75 Å². The number of rotatable bonds is 9. The molecule has 0 aromatic heterocycles. The summed E-state index contributed by atoms with van der Waals surface area (Å²) in [5.41, 5.74) is 0.984. The summed E-state index contributed by atoms with van der Waals surface area (Å²) >= 11 is 0. The summed E-state index contributed by atoms with van der Waals surface area (Å²) in [6.45, 7) is 3.97. The van der Waals surface area contributed by atoms with E-state index in [0.717, 1.165) is 11.3 Å². The summed E-state index contributed by atoms with van der Waals surface area (Å²) in [5, 5.41) is 6.39. The Kier molecular flexibility index (Phi) is 8.85. The fourth-order valence-corrected chi connectivity index (χ4v) is 3.01. The van der Waals surface area contributed by atoms with Crippen molar-refractivity contribution >= 4 is 5.96 Å². The number of ether oxygens (including phenoxy) is 2. The van der Waals surface area contributed by atoms with Gasteiger partial charge in [-0.05, 0) is 31.0 Å². The fourth-order valence-electron chi connectivity index (χ4n) is 3.01. The molecule has 2 N–H and O–H groups in total. The molecule has 1 aromatic rings. The minimum Gasteiger partial charge on any atom is -0.491 e. The molecule has 0 bridgehead atoms. The second-order valence-corrected chi connectivity index (χ2v) is 6.66. The van der Waals surface area contributed by atoms with Crippen LogP contribution >= 0.6 is 0 Å². The van der Waals surface area contributed by atoms with Crippen molar-refractivity contribution in [1.82, 2.24) is 15.5 Å². The molecule has 9 heteroatoms. The first-order valence-electron chi connectivity index (χ1n) is 9.44. The Balaban J connectivity index is 1.89. The molecule has 0 spiro atoms. The van der Waals surface area contributed by atoms with Gasteiger partial charge in [0.25, 0.3) is 0 Å². The SMILES string of the molecule is CCNC(=NCc1cccc(OCCOC)c1)NC1CCN(CC(F)(F)F)C1. The summed E-state index contributed by atoms with van der Waals surface area (Å²) in [6, 6.07) is 7.60. The quantitative estimate of drug-likeness (QED) is 0.377. The van der Waals surface area contributed by atoms with Crippen LogP contribution in [0.15, 0.2) is 29.3 Å². The van der Waals surface area contributed by atoms with Crippen LogP contribution in [-0.2, 0) is 11.3 Å². The van der Waals surface area contributed by atoms with Gasteiger partial charge in [0, 0.05) is 32.8 Å². The zero-order valence-electron chi connectivity index (χ0n) is 16.4. The molecule has 158 valence electrons. The summed E-state index contributed by atoms with van der Waals surface area (Å²) in [5.74, 6) is 1.35. The summed E-state index contributed by atoms with van der Waals surface area (Å²) in [6.07, 6.45) is -3.51. The molecule has 1 aliphatic rings. The van der Waals surface area contributed by atoms with E-state index in [4.69, 9.17) is 9.47 Å². The molecule has 0 radical (unpaired) electrons. The van der Waals surface area contributed by atoms with Gasteiger partial charge in [0.2, 0.25) is 0 Å². The molecule has 2 rings (SSSR count). The second kappa shape index (κ2) is 11.1. The van der Waals surface area contributed by atoms with Crippen molar-refractivity contribution in [1.29, 1.82) is 0 Å². The maximum Gasteiger partial charge on any atom is 0.401 e. The van der Waals surface area contributed by atoms with Crippen molar-refractivity contribution in [3.05, 3.63) is 29.8 Å². The number of nitrogens with zero attached hydrogens (tertiary/aromatic N) is 2. The van der Waals surface area contributed by atoms with E-state index in [1.54, 1.807) is 7.11 Å². The van der Waals surface area contributed by atoms with E-state index >= 15 is 0 Å². The lowest BCUT2D eigenvalue weighted by Crippen LogP contribution is -2.45. The van der Waals surface area contributed by atoms with Gasteiger partial charge in [-0.2, -0.15) is 13.2 Å². The number of halogens is 3. The number of hydrogen-bond donors (Lipinski definition) is 2. The van der Waals surface area contributed by atoms with Crippen molar-refractivity contribution in [2.45, 2.75) is 32.1 Å². The van der Waals surface area contributed by atoms with Crippen LogP contribution in [0.4, 0.5) is 13.2 Å². The van der Waals surface area contributed by atoms with Crippen LogP contribution in [0.5, 0.6) is 5.75 Å². The smallest absolute Gasteiger partial charge is 0.401 e. The Morgan fingerprint density at radius 1 is 1.32 bits per heavy atom. The standard InChI is InChI=1S/C19H29F3N4O2/c1-3-23-18(25-16-7-8-26(13-16)14-19(20,21)22)24-12-15-5-4-6-17(11-15)28-10-9-27-2/h4-6,11,16H,3,7-10,12-14H2,1-2H3,(H2,23,24,25). The summed E-state index contributed by atoms with van der Waals surface area (Å²) < 4.78 is 48.2. The van der Waals surface area contributed by atoms with Gasteiger partial charge in [0.1, 0.15) is 12.4 Å². The number of benzene rings is 1. The lowest BCUT2D eigenvalue weighted by atomic mass is 10.2. The van der Waals surface area contributed by atoms with E-state index in [1.807, 2.05) is 31.2 Å². The van der Waals surface area contributed by atoms with Gasteiger partial charge in [0.15, 0.2) is 5.96 Å². The molecule has 1 heterocycles. The molecular formula is C19H29F3N4O2. The van der Waals surface area contributed by atoms with Gasteiger partial charge in [-0.1, -0.05) is 12.1 Å². The highest BCUT2D eigenvalue weighted by Gasteiger charge is 2.34. The molecule has 1 atom stereocenters. The number of alkyl halides is 3. The van der Waals surface area contributed by atoms with Crippen LogP contribution in [0, 0.1) is 0 Å². The largest absolute Gasteiger partial charge is 0.491 e. The van der Waals surface area contributed by atoms with Gasteiger partial charge in [-0.3, -0.25) is 4.90 Å². The number of nitrogens with one attached hydrogen (secondary N) is 2. The maximum absolute atomic E-state index is 12.5. The van der Waals surface area contributed by atoms with Crippen LogP contribution in [0.1, 0.15) is 18.9 Å². The molecule has 6 nitrogen and oxygen atoms in total. The molecule has 0 amide bonds. The highest BCUT2D eigenvalue weighted by molar-refractivity contribution is 5.80. The summed E-state index contributed by atoms with van der Waals surface area (Å²) in [4.78, 5) is 5.98. The maximum atomic E-state index is 12.5. The molecule has 1 aliphatic heterocycles. The van der Waals surface area contributed by atoms with Gasteiger partial charge in [-0.15, -0.1) is 0 Å². The number of likely N-dealkylation sites (tertiary alicyclic amines) is 1. The van der Waals surface area contributed by atoms with Gasteiger partial charge in [0.05, 0.1) is 19.7 Å². The minimum atomic E-state index is -4.16. The lowest BCUT2D eigenvalue weighted by Gasteiger charge is -2.19. The third kappa shape index (κ3) is 8.35. The number of guanidine groups is 1. The Labute approximate surface area is 164 Å². The molecule has 1 unspecified atom stereocenters. The summed E-state index contributed by atoms with van der Waals surface area (Å²) in [7, 11) is 1.62. The van der Waals surface area contributed by atoms with Gasteiger partial charge >= 0.3 is 6.18 Å². The van der Waals surface area contributed by atoms with E-state index in [-0.39, 0.29) is 6.04 Å². The molecule has 1 aromatic carbocycles. The zero-order valence-corrected chi connectivity index (χ0v) is 16.4. The second-order valence-electron chi connectivity index (χ2n) is 6.66. The van der Waals surface area contributed by atoms with E-state index in [2.05, 4.69) is 15.6 Å². The molecular weight excluding hydrogens is 373 g/mol. The molecule has 0 aliphatic carbocycles. The van der Waals surface area contributed by atoms with E-state index in [0.29, 0.717) is 51.8 Å². The number of hydrogen-bond acceptors (Lipinski definition) is 4. The highest BCUT2D eigenvalue weighted by atomic mass is 19.4. The van der Waals surface area contributed by atoms with Crippen LogP contribution in [0.25, 0.3) is 0 Å². The Hall–Kier alpha value is -2.00. The van der Waals surface area contributed by atoms with Crippen LogP contribution in [-0.4, -0.2) is 69.6 Å². The zero-order chi connectivity index (χ0) is 20.4. The Bertz CT molecular complexity index is 625. The van der Waals surface area contributed by atoms with E-state index < -0.39 is 12.7 Å². The van der Waals surface area contributed by atoms with Crippen molar-refractivity contribution in [2.24, 2.45) is 4.99 Å². The Morgan fingerprint density at radius 2 is 2.14 bits per heavy atom. The monoisotopic (exact) mass is 402 g/mol. The molecule has 28 heavy (non-hydrogen) atoms. The van der Waals surface area contributed by atoms with Crippen molar-refractivity contribution < 1.29 is 22.6 Å². The first-order valence-corrected chi connectivity index (χ1v) is 9.44. The average molecular weight is 402 g/mol.